The monoisotopic (exact) mass is 334 g/mol. The Morgan fingerprint density at radius 1 is 1.17 bits per heavy atom. The van der Waals surface area contributed by atoms with Gasteiger partial charge in [0.05, 0.1) is 6.54 Å². The Hall–Kier alpha value is -2.18. The van der Waals surface area contributed by atoms with Crippen LogP contribution in [0.4, 0.5) is 5.69 Å². The van der Waals surface area contributed by atoms with Crippen molar-refractivity contribution < 1.29 is 9.53 Å². The SMILES string of the molecule is Cl.O=C(CNCC1CC1)Nc1ccc(Oc2ncccn2)cc1. The number of benzene rings is 1. The van der Waals surface area contributed by atoms with Gasteiger partial charge in [-0.05, 0) is 55.6 Å². The van der Waals surface area contributed by atoms with Crippen LogP contribution in [-0.2, 0) is 4.79 Å². The van der Waals surface area contributed by atoms with Gasteiger partial charge in [0.2, 0.25) is 5.91 Å². The molecule has 1 aromatic heterocycles. The minimum absolute atomic E-state index is 0. The number of aromatic nitrogens is 2. The van der Waals surface area contributed by atoms with Crippen molar-refractivity contribution in [3.63, 3.8) is 0 Å². The van der Waals surface area contributed by atoms with Crippen LogP contribution in [-0.4, -0.2) is 29.0 Å². The van der Waals surface area contributed by atoms with Crippen molar-refractivity contribution in [1.29, 1.82) is 0 Å². The van der Waals surface area contributed by atoms with Gasteiger partial charge in [-0.1, -0.05) is 0 Å². The van der Waals surface area contributed by atoms with Crippen molar-refractivity contribution >= 4 is 24.0 Å². The summed E-state index contributed by atoms with van der Waals surface area (Å²) in [7, 11) is 0. The molecule has 3 rings (SSSR count). The molecule has 122 valence electrons. The van der Waals surface area contributed by atoms with E-state index in [-0.39, 0.29) is 18.3 Å². The number of hydrogen-bond acceptors (Lipinski definition) is 5. The van der Waals surface area contributed by atoms with Crippen LogP contribution in [0, 0.1) is 5.92 Å². The maximum atomic E-state index is 11.8. The summed E-state index contributed by atoms with van der Waals surface area (Å²) in [5, 5.41) is 6.00. The molecule has 7 heteroatoms. The van der Waals surface area contributed by atoms with Gasteiger partial charge in [-0.3, -0.25) is 4.79 Å². The molecular formula is C16H19ClN4O2. The average molecular weight is 335 g/mol. The van der Waals surface area contributed by atoms with E-state index in [0.717, 1.165) is 18.2 Å². The summed E-state index contributed by atoms with van der Waals surface area (Å²) in [6.07, 6.45) is 5.79. The quantitative estimate of drug-likeness (QED) is 0.814. The highest BCUT2D eigenvalue weighted by Gasteiger charge is 2.20. The predicted octanol–water partition coefficient (Wildman–Crippen LogP) is 2.63. The Morgan fingerprint density at radius 3 is 2.52 bits per heavy atom. The molecule has 1 saturated carbocycles. The second kappa shape index (κ2) is 8.45. The molecule has 1 aliphatic rings. The number of hydrogen-bond donors (Lipinski definition) is 2. The third-order valence-electron chi connectivity index (χ3n) is 3.30. The summed E-state index contributed by atoms with van der Waals surface area (Å²) in [6.45, 7) is 1.27. The van der Waals surface area contributed by atoms with Gasteiger partial charge in [0.1, 0.15) is 5.75 Å². The lowest BCUT2D eigenvalue weighted by Crippen LogP contribution is -2.29. The standard InChI is InChI=1S/C16H18N4O2.ClH/c21-15(11-17-10-12-2-3-12)20-13-4-6-14(7-5-13)22-16-18-8-1-9-19-16;/h1,4-9,12,17H,2-3,10-11H2,(H,20,21);1H. The second-order valence-electron chi connectivity index (χ2n) is 5.28. The lowest BCUT2D eigenvalue weighted by atomic mass is 10.3. The highest BCUT2D eigenvalue weighted by molar-refractivity contribution is 5.92. The van der Waals surface area contributed by atoms with Gasteiger partial charge in [0, 0.05) is 18.1 Å². The van der Waals surface area contributed by atoms with E-state index < -0.39 is 0 Å². The normalized spacial score (nSPS) is 13.0. The van der Waals surface area contributed by atoms with E-state index in [4.69, 9.17) is 4.74 Å². The summed E-state index contributed by atoms with van der Waals surface area (Å²) in [5.74, 6) is 1.35. The van der Waals surface area contributed by atoms with Crippen LogP contribution in [0.1, 0.15) is 12.8 Å². The van der Waals surface area contributed by atoms with Gasteiger partial charge in [-0.15, -0.1) is 12.4 Å². The molecule has 0 spiro atoms. The maximum Gasteiger partial charge on any atom is 0.321 e. The number of nitrogens with one attached hydrogen (secondary N) is 2. The van der Waals surface area contributed by atoms with Gasteiger partial charge in [0.25, 0.3) is 0 Å². The highest BCUT2D eigenvalue weighted by atomic mass is 35.5. The van der Waals surface area contributed by atoms with E-state index in [2.05, 4.69) is 20.6 Å². The molecule has 1 aliphatic carbocycles. The molecule has 0 radical (unpaired) electrons. The third kappa shape index (κ3) is 5.84. The van der Waals surface area contributed by atoms with Crippen molar-refractivity contribution in [3.05, 3.63) is 42.7 Å². The Kier molecular flexibility index (Phi) is 6.31. The van der Waals surface area contributed by atoms with E-state index >= 15 is 0 Å². The molecule has 1 heterocycles. The van der Waals surface area contributed by atoms with Crippen molar-refractivity contribution in [2.45, 2.75) is 12.8 Å². The first-order chi connectivity index (χ1) is 10.8. The summed E-state index contributed by atoms with van der Waals surface area (Å²) in [5.41, 5.74) is 0.736. The molecule has 0 aliphatic heterocycles. The van der Waals surface area contributed by atoms with Crippen molar-refractivity contribution in [3.8, 4) is 11.8 Å². The van der Waals surface area contributed by atoms with E-state index in [1.165, 1.54) is 12.8 Å². The van der Waals surface area contributed by atoms with Crippen LogP contribution in [0.3, 0.4) is 0 Å². The Morgan fingerprint density at radius 2 is 1.87 bits per heavy atom. The Bertz CT molecular complexity index is 618. The van der Waals surface area contributed by atoms with Crippen molar-refractivity contribution in [1.82, 2.24) is 15.3 Å². The zero-order chi connectivity index (χ0) is 15.2. The zero-order valence-corrected chi connectivity index (χ0v) is 13.4. The first-order valence-electron chi connectivity index (χ1n) is 7.35. The van der Waals surface area contributed by atoms with Crippen LogP contribution in [0.5, 0.6) is 11.8 Å². The average Bonchev–Trinajstić information content (AvgIpc) is 3.35. The number of rotatable bonds is 7. The fraction of sp³-hybridized carbons (Fsp3) is 0.312. The fourth-order valence-electron chi connectivity index (χ4n) is 1.97. The molecule has 2 N–H and O–H groups in total. The van der Waals surface area contributed by atoms with E-state index in [1.807, 2.05) is 0 Å². The van der Waals surface area contributed by atoms with Gasteiger partial charge in [-0.2, -0.15) is 0 Å². The van der Waals surface area contributed by atoms with Crippen molar-refractivity contribution in [2.24, 2.45) is 5.92 Å². The van der Waals surface area contributed by atoms with E-state index in [9.17, 15) is 4.79 Å². The fourth-order valence-corrected chi connectivity index (χ4v) is 1.97. The van der Waals surface area contributed by atoms with E-state index in [0.29, 0.717) is 18.3 Å². The maximum absolute atomic E-state index is 11.8. The number of carbonyl (C=O) groups is 1. The summed E-state index contributed by atoms with van der Waals surface area (Å²) in [4.78, 5) is 19.7. The summed E-state index contributed by atoms with van der Waals surface area (Å²) in [6, 6.07) is 9.13. The molecule has 0 saturated heterocycles. The first-order valence-corrected chi connectivity index (χ1v) is 7.35. The van der Waals surface area contributed by atoms with Gasteiger partial charge in [0.15, 0.2) is 0 Å². The summed E-state index contributed by atoms with van der Waals surface area (Å²) < 4.78 is 5.49. The van der Waals surface area contributed by atoms with Gasteiger partial charge < -0.3 is 15.4 Å². The molecule has 0 bridgehead atoms. The number of nitrogens with zero attached hydrogens (tertiary/aromatic N) is 2. The molecule has 1 amide bonds. The molecule has 0 unspecified atom stereocenters. The lowest BCUT2D eigenvalue weighted by molar-refractivity contribution is -0.115. The number of halogens is 1. The lowest BCUT2D eigenvalue weighted by Gasteiger charge is -2.07. The van der Waals surface area contributed by atoms with Crippen LogP contribution in [0.15, 0.2) is 42.7 Å². The smallest absolute Gasteiger partial charge is 0.321 e. The highest BCUT2D eigenvalue weighted by Crippen LogP contribution is 2.27. The van der Waals surface area contributed by atoms with Gasteiger partial charge >= 0.3 is 6.01 Å². The van der Waals surface area contributed by atoms with E-state index in [1.54, 1.807) is 42.7 Å². The van der Waals surface area contributed by atoms with Crippen LogP contribution in [0.25, 0.3) is 0 Å². The number of ether oxygens (including phenoxy) is 1. The minimum Gasteiger partial charge on any atom is -0.424 e. The molecule has 23 heavy (non-hydrogen) atoms. The number of anilines is 1. The first kappa shape index (κ1) is 17.2. The topological polar surface area (TPSA) is 76.1 Å². The molecule has 0 atom stereocenters. The predicted molar refractivity (Wildman–Crippen MR) is 90.0 cm³/mol. The van der Waals surface area contributed by atoms with Crippen LogP contribution < -0.4 is 15.4 Å². The third-order valence-corrected chi connectivity index (χ3v) is 3.30. The zero-order valence-electron chi connectivity index (χ0n) is 12.6. The van der Waals surface area contributed by atoms with Gasteiger partial charge in [-0.25, -0.2) is 9.97 Å². The largest absolute Gasteiger partial charge is 0.424 e. The molecule has 1 aromatic carbocycles. The molecule has 2 aromatic rings. The summed E-state index contributed by atoms with van der Waals surface area (Å²) >= 11 is 0. The Balaban J connectivity index is 0.00000192. The number of amides is 1. The van der Waals surface area contributed by atoms with Crippen LogP contribution in [0.2, 0.25) is 0 Å². The van der Waals surface area contributed by atoms with Crippen molar-refractivity contribution in [2.75, 3.05) is 18.4 Å². The second-order valence-corrected chi connectivity index (χ2v) is 5.28. The Labute approximate surface area is 141 Å². The molecule has 6 nitrogen and oxygen atoms in total. The molecular weight excluding hydrogens is 316 g/mol. The van der Waals surface area contributed by atoms with Crippen LogP contribution >= 0.6 is 12.4 Å². The number of carbonyl (C=O) groups excluding carboxylic acids is 1. The molecule has 1 fully saturated rings. The minimum atomic E-state index is -0.0410.